The summed E-state index contributed by atoms with van der Waals surface area (Å²) in [7, 11) is 2.71. The Morgan fingerprint density at radius 2 is 1.38 bits per heavy atom. The van der Waals surface area contributed by atoms with Gasteiger partial charge in [0.2, 0.25) is 0 Å². The minimum absolute atomic E-state index is 0.167. The van der Waals surface area contributed by atoms with E-state index in [-0.39, 0.29) is 36.6 Å². The van der Waals surface area contributed by atoms with Crippen molar-refractivity contribution in [3.05, 3.63) is 97.6 Å². The maximum absolute atomic E-state index is 12.4. The summed E-state index contributed by atoms with van der Waals surface area (Å²) in [5.41, 5.74) is 8.76. The van der Waals surface area contributed by atoms with Gasteiger partial charge in [-0.25, -0.2) is 4.99 Å². The van der Waals surface area contributed by atoms with Crippen molar-refractivity contribution >= 4 is 47.7 Å². The molecule has 0 saturated carbocycles. The van der Waals surface area contributed by atoms with Gasteiger partial charge in [-0.05, 0) is 86.6 Å². The molecule has 0 unspecified atom stereocenters. The fourth-order valence-electron chi connectivity index (χ4n) is 5.54. The molecule has 0 fully saturated rings. The lowest BCUT2D eigenvalue weighted by atomic mass is 10.0. The van der Waals surface area contributed by atoms with E-state index in [2.05, 4.69) is 33.4 Å². The molecule has 0 aromatic carbocycles. The number of carbonyl (C=O) groups is 4. The molecular weight excluding hydrogens is 572 g/mol. The molecule has 0 radical (unpaired) electrons. The van der Waals surface area contributed by atoms with Crippen molar-refractivity contribution in [2.45, 2.75) is 53.4 Å². The van der Waals surface area contributed by atoms with Crippen LogP contribution < -0.4 is 16.0 Å². The zero-order valence-corrected chi connectivity index (χ0v) is 26.5. The molecule has 0 aliphatic carbocycles. The van der Waals surface area contributed by atoms with E-state index in [1.54, 1.807) is 13.0 Å². The number of ether oxygens (including phenoxy) is 2. The van der Waals surface area contributed by atoms with Crippen LogP contribution in [0.3, 0.4) is 0 Å². The van der Waals surface area contributed by atoms with Gasteiger partial charge in [-0.3, -0.25) is 19.2 Å². The van der Waals surface area contributed by atoms with Gasteiger partial charge in [-0.15, -0.1) is 0 Å². The fourth-order valence-corrected chi connectivity index (χ4v) is 5.54. The zero-order chi connectivity index (χ0) is 33.0. The van der Waals surface area contributed by atoms with E-state index in [0.29, 0.717) is 35.4 Å². The molecule has 45 heavy (non-hydrogen) atoms. The lowest BCUT2D eigenvalue weighted by molar-refractivity contribution is -0.141. The van der Waals surface area contributed by atoms with Crippen LogP contribution in [0.25, 0.3) is 18.2 Å². The van der Waals surface area contributed by atoms with E-state index in [4.69, 9.17) is 9.47 Å². The molecule has 4 heterocycles. The predicted octanol–water partition coefficient (Wildman–Crippen LogP) is 3.24. The molecule has 2 aromatic rings. The molecule has 2 aliphatic heterocycles. The number of amides is 2. The van der Waals surface area contributed by atoms with Crippen molar-refractivity contribution < 1.29 is 28.7 Å². The summed E-state index contributed by atoms with van der Waals surface area (Å²) < 4.78 is 9.80. The topological polar surface area (TPSA) is 143 Å². The zero-order valence-electron chi connectivity index (χ0n) is 26.5. The second-order valence-corrected chi connectivity index (χ2v) is 10.9. The summed E-state index contributed by atoms with van der Waals surface area (Å²) in [5, 5.41) is 4.38. The first-order chi connectivity index (χ1) is 21.4. The number of allylic oxidation sites excluding steroid dienone is 2. The van der Waals surface area contributed by atoms with Gasteiger partial charge in [0.1, 0.15) is 0 Å². The normalized spacial score (nSPS) is 16.6. The van der Waals surface area contributed by atoms with E-state index in [0.717, 1.165) is 55.5 Å². The van der Waals surface area contributed by atoms with Crippen molar-refractivity contribution in [2.75, 3.05) is 14.2 Å². The average Bonchev–Trinajstić information content (AvgIpc) is 3.66. The van der Waals surface area contributed by atoms with Gasteiger partial charge in [0.25, 0.3) is 11.8 Å². The van der Waals surface area contributed by atoms with E-state index >= 15 is 0 Å². The third kappa shape index (κ3) is 6.64. The van der Waals surface area contributed by atoms with Crippen LogP contribution in [0.2, 0.25) is 0 Å². The van der Waals surface area contributed by atoms with Crippen LogP contribution in [-0.2, 0) is 41.5 Å². The molecule has 2 amide bonds. The molecule has 234 valence electrons. The van der Waals surface area contributed by atoms with Gasteiger partial charge in [0.15, 0.2) is 0 Å². The molecule has 0 spiro atoms. The first kappa shape index (κ1) is 32.7. The number of H-pyrrole nitrogens is 2. The maximum atomic E-state index is 12.4. The highest BCUT2D eigenvalue weighted by atomic mass is 16.5. The number of aromatic amines is 2. The van der Waals surface area contributed by atoms with Gasteiger partial charge >= 0.3 is 11.9 Å². The standard InChI is InChI=1S/C35H38N4O6/c1-9-22-21(6)34(42)39-29(22)16-27-20(5)25(12-14-33(41)45-8)31(37-27)17-30-24(11-13-32(40)44-7)19(4)26(36-30)15-28-18(3)23(10-2)35(43)38-28/h9-10,15-17,36-37H,1-2,11-14H2,3-8H3,(H,39,42)/b26-15-,29-16+,30-17-. The molecule has 2 aromatic heterocycles. The quantitative estimate of drug-likeness (QED) is 0.334. The number of nitrogens with one attached hydrogen (secondary N) is 3. The number of methoxy groups -OCH3 is 2. The van der Waals surface area contributed by atoms with Gasteiger partial charge < -0.3 is 24.8 Å². The summed E-state index contributed by atoms with van der Waals surface area (Å²) in [6.07, 6.45) is 9.92. The van der Waals surface area contributed by atoms with Crippen LogP contribution in [0.4, 0.5) is 0 Å². The number of aliphatic imine (C=N–C) groups is 1. The number of nitrogens with zero attached hydrogens (tertiary/aromatic N) is 1. The first-order valence-corrected chi connectivity index (χ1v) is 14.5. The molecule has 10 nitrogen and oxygen atoms in total. The van der Waals surface area contributed by atoms with Crippen LogP contribution >= 0.6 is 0 Å². The molecule has 3 N–H and O–H groups in total. The number of carbonyl (C=O) groups excluding carboxylic acids is 4. The minimum atomic E-state index is -0.337. The molecule has 4 rings (SSSR count). The lowest BCUT2D eigenvalue weighted by Crippen LogP contribution is -2.15. The third-order valence-corrected chi connectivity index (χ3v) is 8.31. The predicted molar refractivity (Wildman–Crippen MR) is 173 cm³/mol. The van der Waals surface area contributed by atoms with Crippen molar-refractivity contribution in [3.63, 3.8) is 0 Å². The average molecular weight is 611 g/mol. The maximum Gasteiger partial charge on any atom is 0.305 e. The Morgan fingerprint density at radius 1 is 0.756 bits per heavy atom. The molecule has 0 atom stereocenters. The molecule has 2 aliphatic rings. The third-order valence-electron chi connectivity index (χ3n) is 8.31. The molecule has 0 saturated heterocycles. The van der Waals surface area contributed by atoms with E-state index < -0.39 is 0 Å². The summed E-state index contributed by atoms with van der Waals surface area (Å²) in [4.78, 5) is 60.1. The Kier molecular flexibility index (Phi) is 9.86. The second-order valence-electron chi connectivity index (χ2n) is 10.9. The molecular formula is C35H38N4O6. The van der Waals surface area contributed by atoms with E-state index in [1.165, 1.54) is 20.3 Å². The number of aromatic nitrogens is 2. The highest BCUT2D eigenvalue weighted by Gasteiger charge is 2.23. The largest absolute Gasteiger partial charge is 0.469 e. The van der Waals surface area contributed by atoms with Crippen LogP contribution in [0, 0.1) is 13.8 Å². The second kappa shape index (κ2) is 13.6. The van der Waals surface area contributed by atoms with Crippen LogP contribution in [0.5, 0.6) is 0 Å². The Bertz CT molecular complexity index is 1890. The van der Waals surface area contributed by atoms with Crippen molar-refractivity contribution in [1.29, 1.82) is 0 Å². The lowest BCUT2D eigenvalue weighted by Gasteiger charge is -2.04. The highest BCUT2D eigenvalue weighted by Crippen LogP contribution is 2.27. The fraction of sp³-hybridized carbons (Fsp3) is 0.286. The van der Waals surface area contributed by atoms with Crippen molar-refractivity contribution in [3.8, 4) is 0 Å². The minimum Gasteiger partial charge on any atom is -0.469 e. The van der Waals surface area contributed by atoms with Gasteiger partial charge in [0.05, 0.1) is 25.6 Å². The molecule has 0 bridgehead atoms. The monoisotopic (exact) mass is 610 g/mol. The first-order valence-electron chi connectivity index (χ1n) is 14.5. The number of rotatable bonds is 11. The number of hydrogen-bond acceptors (Lipinski definition) is 6. The summed E-state index contributed by atoms with van der Waals surface area (Å²) in [6, 6.07) is 0. The highest BCUT2D eigenvalue weighted by molar-refractivity contribution is 6.31. The van der Waals surface area contributed by atoms with Crippen molar-refractivity contribution in [2.24, 2.45) is 4.99 Å². The van der Waals surface area contributed by atoms with Crippen LogP contribution in [0.15, 0.2) is 58.3 Å². The Balaban J connectivity index is 1.92. The number of esters is 2. The van der Waals surface area contributed by atoms with Crippen molar-refractivity contribution in [1.82, 2.24) is 15.3 Å². The summed E-state index contributed by atoms with van der Waals surface area (Å²) >= 11 is 0. The van der Waals surface area contributed by atoms with Crippen LogP contribution in [-0.4, -0.2) is 53.7 Å². The van der Waals surface area contributed by atoms with E-state index in [1.807, 2.05) is 39.0 Å². The smallest absolute Gasteiger partial charge is 0.305 e. The Labute approximate surface area is 261 Å². The summed E-state index contributed by atoms with van der Waals surface area (Å²) in [5.74, 6) is -1.19. The van der Waals surface area contributed by atoms with Gasteiger partial charge in [-0.2, -0.15) is 0 Å². The Hall–Kier alpha value is -5.25. The Morgan fingerprint density at radius 3 is 1.96 bits per heavy atom. The van der Waals surface area contributed by atoms with Crippen LogP contribution in [0.1, 0.15) is 60.3 Å². The number of hydrogen-bond donors (Lipinski definition) is 3. The molecule has 10 heteroatoms. The van der Waals surface area contributed by atoms with E-state index in [9.17, 15) is 19.2 Å². The SMILES string of the molecule is C=CC1=C(C)C(/C=c2\[nH]/c(=C\c3[nH]c(/C=C4/NC(=O)C(C)=C4C=C)c(C)c3CCC(=O)OC)c(CCC(=O)OC)c2C)=NC1=O. The van der Waals surface area contributed by atoms with Gasteiger partial charge in [0, 0.05) is 51.6 Å². The summed E-state index contributed by atoms with van der Waals surface area (Å²) in [6.45, 7) is 15.1. The van der Waals surface area contributed by atoms with Gasteiger partial charge in [-0.1, -0.05) is 25.3 Å².